The smallest absolute Gasteiger partial charge is 0.326 e. The number of urea groups is 1. The van der Waals surface area contributed by atoms with Crippen LogP contribution in [0.25, 0.3) is 0 Å². The molecule has 142 valence electrons. The first-order valence-corrected chi connectivity index (χ1v) is 8.38. The van der Waals surface area contributed by atoms with Crippen LogP contribution in [0.1, 0.15) is 25.3 Å². The van der Waals surface area contributed by atoms with Gasteiger partial charge in [0.25, 0.3) is 5.91 Å². The number of rotatable bonds is 7. The number of nitrogens with one attached hydrogen (secondary N) is 1. The number of anilines is 1. The molecule has 4 amide bonds. The van der Waals surface area contributed by atoms with E-state index in [1.807, 2.05) is 6.07 Å². The third kappa shape index (κ3) is 5.04. The number of amides is 4. The lowest BCUT2D eigenvalue weighted by Gasteiger charge is -2.15. The van der Waals surface area contributed by atoms with Gasteiger partial charge < -0.3 is 15.0 Å². The third-order valence-corrected chi connectivity index (χ3v) is 3.98. The summed E-state index contributed by atoms with van der Waals surface area (Å²) in [5, 5.41) is 11.6. The zero-order chi connectivity index (χ0) is 20.0. The lowest BCUT2D eigenvalue weighted by molar-refractivity contribution is -0.153. The Labute approximate surface area is 156 Å². The van der Waals surface area contributed by atoms with Crippen molar-refractivity contribution >= 4 is 29.5 Å². The van der Waals surface area contributed by atoms with Crippen LogP contribution in [0.15, 0.2) is 24.3 Å². The number of hydrogen-bond donors (Lipinski definition) is 1. The molecule has 1 saturated heterocycles. The van der Waals surface area contributed by atoms with E-state index in [4.69, 9.17) is 10.00 Å². The van der Waals surface area contributed by atoms with Gasteiger partial charge in [0.05, 0.1) is 11.3 Å². The van der Waals surface area contributed by atoms with Crippen molar-refractivity contribution in [3.05, 3.63) is 29.8 Å². The molecule has 0 spiro atoms. The van der Waals surface area contributed by atoms with Crippen LogP contribution in [-0.4, -0.2) is 59.9 Å². The van der Waals surface area contributed by atoms with E-state index in [2.05, 4.69) is 5.32 Å². The molecular formula is C18H20N4O5. The first-order valence-electron chi connectivity index (χ1n) is 8.38. The van der Waals surface area contributed by atoms with Crippen LogP contribution in [-0.2, 0) is 19.1 Å². The lowest BCUT2D eigenvalue weighted by Crippen LogP contribution is -2.33. The fourth-order valence-corrected chi connectivity index (χ4v) is 2.50. The van der Waals surface area contributed by atoms with Gasteiger partial charge in [-0.2, -0.15) is 5.26 Å². The minimum Gasteiger partial charge on any atom is -0.453 e. The molecule has 9 heteroatoms. The van der Waals surface area contributed by atoms with Crippen molar-refractivity contribution in [2.45, 2.75) is 25.9 Å². The number of hydrogen-bond acceptors (Lipinski definition) is 6. The van der Waals surface area contributed by atoms with Crippen LogP contribution in [0.3, 0.4) is 0 Å². The maximum atomic E-state index is 12.1. The number of nitriles is 1. The number of nitrogens with zero attached hydrogens (tertiary/aromatic N) is 3. The SMILES string of the molecule is C[C@H](OC(=O)CCCN1C(=O)CN(C)C1=O)C(=O)Nc1ccccc1C#N. The summed E-state index contributed by atoms with van der Waals surface area (Å²) in [6, 6.07) is 8.05. The molecule has 1 heterocycles. The number of benzene rings is 1. The van der Waals surface area contributed by atoms with Gasteiger partial charge in [-0.1, -0.05) is 12.1 Å². The van der Waals surface area contributed by atoms with E-state index in [1.165, 1.54) is 18.9 Å². The highest BCUT2D eigenvalue weighted by Crippen LogP contribution is 2.14. The Morgan fingerprint density at radius 1 is 1.33 bits per heavy atom. The number of carbonyl (C=O) groups excluding carboxylic acids is 4. The number of imide groups is 1. The van der Waals surface area contributed by atoms with Gasteiger partial charge in [0.15, 0.2) is 6.10 Å². The number of likely N-dealkylation sites (N-methyl/N-ethyl adjacent to an activating group) is 1. The molecule has 1 fully saturated rings. The maximum absolute atomic E-state index is 12.1. The monoisotopic (exact) mass is 372 g/mol. The van der Waals surface area contributed by atoms with Gasteiger partial charge in [0.2, 0.25) is 5.91 Å². The molecule has 1 aromatic rings. The van der Waals surface area contributed by atoms with E-state index in [9.17, 15) is 19.2 Å². The van der Waals surface area contributed by atoms with Crippen molar-refractivity contribution < 1.29 is 23.9 Å². The van der Waals surface area contributed by atoms with E-state index in [-0.39, 0.29) is 31.8 Å². The number of para-hydroxylation sites is 1. The van der Waals surface area contributed by atoms with Gasteiger partial charge in [-0.15, -0.1) is 0 Å². The molecule has 1 aliphatic rings. The maximum Gasteiger partial charge on any atom is 0.326 e. The lowest BCUT2D eigenvalue weighted by atomic mass is 10.2. The standard InChI is InChI=1S/C18H20N4O5/c1-12(17(25)20-14-7-4-3-6-13(14)10-19)27-16(24)8-5-9-22-15(23)11-21(2)18(22)26/h3-4,6-7,12H,5,8-9,11H2,1-2H3,(H,20,25)/t12-/m0/s1. The molecule has 0 aromatic heterocycles. The topological polar surface area (TPSA) is 120 Å². The van der Waals surface area contributed by atoms with Crippen LogP contribution in [0.2, 0.25) is 0 Å². The van der Waals surface area contributed by atoms with Gasteiger partial charge in [-0.3, -0.25) is 19.3 Å². The quantitative estimate of drug-likeness (QED) is 0.565. The molecule has 1 aliphatic heterocycles. The molecule has 0 aliphatic carbocycles. The predicted molar refractivity (Wildman–Crippen MR) is 94.3 cm³/mol. The van der Waals surface area contributed by atoms with Crippen LogP contribution >= 0.6 is 0 Å². The average Bonchev–Trinajstić information content (AvgIpc) is 2.88. The van der Waals surface area contributed by atoms with Crippen molar-refractivity contribution in [1.82, 2.24) is 9.80 Å². The molecule has 2 rings (SSSR count). The first-order chi connectivity index (χ1) is 12.8. The molecule has 0 radical (unpaired) electrons. The van der Waals surface area contributed by atoms with Crippen molar-refractivity contribution in [1.29, 1.82) is 5.26 Å². The summed E-state index contributed by atoms with van der Waals surface area (Å²) in [7, 11) is 1.53. The zero-order valence-electron chi connectivity index (χ0n) is 15.1. The molecule has 1 aromatic carbocycles. The van der Waals surface area contributed by atoms with Gasteiger partial charge in [0, 0.05) is 20.0 Å². The Bertz CT molecular complexity index is 801. The Morgan fingerprint density at radius 2 is 2.04 bits per heavy atom. The Hall–Kier alpha value is -3.41. The Morgan fingerprint density at radius 3 is 2.67 bits per heavy atom. The van der Waals surface area contributed by atoms with Gasteiger partial charge in [0.1, 0.15) is 12.6 Å². The zero-order valence-corrected chi connectivity index (χ0v) is 15.1. The summed E-state index contributed by atoms with van der Waals surface area (Å²) < 4.78 is 5.06. The van der Waals surface area contributed by atoms with Crippen molar-refractivity contribution in [2.75, 3.05) is 25.5 Å². The Balaban J connectivity index is 1.78. The van der Waals surface area contributed by atoms with Crippen LogP contribution in [0.4, 0.5) is 10.5 Å². The molecule has 27 heavy (non-hydrogen) atoms. The second-order valence-electron chi connectivity index (χ2n) is 6.07. The normalized spacial score (nSPS) is 14.7. The highest BCUT2D eigenvalue weighted by Gasteiger charge is 2.33. The van der Waals surface area contributed by atoms with Crippen LogP contribution in [0, 0.1) is 11.3 Å². The highest BCUT2D eigenvalue weighted by atomic mass is 16.5. The summed E-state index contributed by atoms with van der Waals surface area (Å²) >= 11 is 0. The first kappa shape index (κ1) is 19.9. The molecule has 9 nitrogen and oxygen atoms in total. The van der Waals surface area contributed by atoms with E-state index in [0.29, 0.717) is 11.3 Å². The summed E-state index contributed by atoms with van der Waals surface area (Å²) in [6.07, 6.45) is -0.839. The molecular weight excluding hydrogens is 352 g/mol. The van der Waals surface area contributed by atoms with Crippen LogP contribution in [0.5, 0.6) is 0 Å². The van der Waals surface area contributed by atoms with Crippen molar-refractivity contribution in [3.8, 4) is 6.07 Å². The summed E-state index contributed by atoms with van der Waals surface area (Å²) in [4.78, 5) is 49.7. The largest absolute Gasteiger partial charge is 0.453 e. The minimum atomic E-state index is -1.05. The number of carbonyl (C=O) groups is 4. The molecule has 1 atom stereocenters. The molecule has 0 unspecified atom stereocenters. The summed E-state index contributed by atoms with van der Waals surface area (Å²) in [5.74, 6) is -1.48. The molecule has 0 bridgehead atoms. The molecule has 0 saturated carbocycles. The van der Waals surface area contributed by atoms with Crippen molar-refractivity contribution in [2.24, 2.45) is 0 Å². The fraction of sp³-hybridized carbons (Fsp3) is 0.389. The average molecular weight is 372 g/mol. The highest BCUT2D eigenvalue weighted by molar-refractivity contribution is 6.01. The second kappa shape index (κ2) is 8.80. The van der Waals surface area contributed by atoms with Crippen molar-refractivity contribution in [3.63, 3.8) is 0 Å². The second-order valence-corrected chi connectivity index (χ2v) is 6.07. The van der Waals surface area contributed by atoms with Crippen LogP contribution < -0.4 is 5.32 Å². The van der Waals surface area contributed by atoms with Gasteiger partial charge in [-0.05, 0) is 25.5 Å². The van der Waals surface area contributed by atoms with Gasteiger partial charge >= 0.3 is 12.0 Å². The minimum absolute atomic E-state index is 0.0324. The van der Waals surface area contributed by atoms with Gasteiger partial charge in [-0.25, -0.2) is 4.79 Å². The fourth-order valence-electron chi connectivity index (χ4n) is 2.50. The number of esters is 1. The Kier molecular flexibility index (Phi) is 6.49. The summed E-state index contributed by atoms with van der Waals surface area (Å²) in [6.45, 7) is 1.57. The van der Waals surface area contributed by atoms with E-state index in [1.54, 1.807) is 24.3 Å². The third-order valence-electron chi connectivity index (χ3n) is 3.98. The van der Waals surface area contributed by atoms with E-state index >= 15 is 0 Å². The molecule has 1 N–H and O–H groups in total. The predicted octanol–water partition coefficient (Wildman–Crippen LogP) is 1.10. The summed E-state index contributed by atoms with van der Waals surface area (Å²) in [5.41, 5.74) is 0.636. The number of ether oxygens (including phenoxy) is 1. The van der Waals surface area contributed by atoms with E-state index < -0.39 is 24.0 Å². The van der Waals surface area contributed by atoms with E-state index in [0.717, 1.165) is 4.90 Å².